The SMILES string of the molecule is CCC(C)(C)C(=O)C(=O)N1CCC[C@H]1C(=S)OC. The molecule has 0 spiro atoms. The topological polar surface area (TPSA) is 46.6 Å². The first kappa shape index (κ1) is 15.1. The molecule has 0 radical (unpaired) electrons. The predicted octanol–water partition coefficient (Wildman–Crippen LogP) is 1.96. The van der Waals surface area contributed by atoms with Crippen LogP contribution in [-0.4, -0.2) is 41.3 Å². The van der Waals surface area contributed by atoms with E-state index < -0.39 is 11.3 Å². The fourth-order valence-electron chi connectivity index (χ4n) is 1.97. The monoisotopic (exact) mass is 271 g/mol. The van der Waals surface area contributed by atoms with Crippen LogP contribution in [0.3, 0.4) is 0 Å². The highest BCUT2D eigenvalue weighted by atomic mass is 32.1. The zero-order chi connectivity index (χ0) is 13.9. The van der Waals surface area contributed by atoms with Crippen molar-refractivity contribution in [2.45, 2.75) is 46.1 Å². The molecular weight excluding hydrogens is 250 g/mol. The van der Waals surface area contributed by atoms with E-state index in [0.717, 1.165) is 12.8 Å². The zero-order valence-electron chi connectivity index (χ0n) is 11.5. The third kappa shape index (κ3) is 2.88. The Morgan fingerprint density at radius 1 is 1.44 bits per heavy atom. The number of rotatable bonds is 4. The minimum Gasteiger partial charge on any atom is -0.488 e. The van der Waals surface area contributed by atoms with E-state index in [1.165, 1.54) is 7.11 Å². The average Bonchev–Trinajstić information content (AvgIpc) is 2.85. The van der Waals surface area contributed by atoms with Crippen LogP contribution in [0.15, 0.2) is 0 Å². The van der Waals surface area contributed by atoms with E-state index in [1.807, 2.05) is 6.92 Å². The van der Waals surface area contributed by atoms with E-state index in [1.54, 1.807) is 18.7 Å². The van der Waals surface area contributed by atoms with Gasteiger partial charge in [0.1, 0.15) is 6.04 Å². The van der Waals surface area contributed by atoms with Crippen molar-refractivity contribution in [1.82, 2.24) is 4.90 Å². The van der Waals surface area contributed by atoms with Crippen LogP contribution >= 0.6 is 12.2 Å². The molecule has 0 N–H and O–H groups in total. The molecule has 1 saturated heterocycles. The highest BCUT2D eigenvalue weighted by Crippen LogP contribution is 2.26. The van der Waals surface area contributed by atoms with Gasteiger partial charge in [0.2, 0.25) is 5.78 Å². The van der Waals surface area contributed by atoms with E-state index in [4.69, 9.17) is 17.0 Å². The van der Waals surface area contributed by atoms with Crippen molar-refractivity contribution in [3.63, 3.8) is 0 Å². The van der Waals surface area contributed by atoms with E-state index in [0.29, 0.717) is 18.0 Å². The molecule has 0 aliphatic carbocycles. The van der Waals surface area contributed by atoms with E-state index in [9.17, 15) is 9.59 Å². The van der Waals surface area contributed by atoms with Crippen molar-refractivity contribution in [2.75, 3.05) is 13.7 Å². The maximum atomic E-state index is 12.2. The third-order valence-corrected chi connectivity index (χ3v) is 4.12. The summed E-state index contributed by atoms with van der Waals surface area (Å²) in [6.07, 6.45) is 2.28. The number of Topliss-reactive ketones (excluding diaryl/α,β-unsaturated/α-hetero) is 1. The van der Waals surface area contributed by atoms with E-state index >= 15 is 0 Å². The van der Waals surface area contributed by atoms with E-state index in [2.05, 4.69) is 0 Å². The number of hydrogen-bond acceptors (Lipinski definition) is 4. The Kier molecular flexibility index (Phi) is 4.85. The van der Waals surface area contributed by atoms with Crippen LogP contribution in [0.1, 0.15) is 40.0 Å². The van der Waals surface area contributed by atoms with Crippen LogP contribution in [0.25, 0.3) is 0 Å². The first-order valence-electron chi connectivity index (χ1n) is 6.28. The van der Waals surface area contributed by atoms with Crippen molar-refractivity contribution < 1.29 is 14.3 Å². The number of carbonyl (C=O) groups excluding carboxylic acids is 2. The number of thiocarbonyl (C=S) groups is 1. The lowest BCUT2D eigenvalue weighted by molar-refractivity contribution is -0.149. The van der Waals surface area contributed by atoms with Crippen molar-refractivity contribution in [2.24, 2.45) is 5.41 Å². The molecule has 1 rings (SSSR count). The van der Waals surface area contributed by atoms with Gasteiger partial charge < -0.3 is 9.64 Å². The predicted molar refractivity (Wildman–Crippen MR) is 73.4 cm³/mol. The molecule has 1 amide bonds. The molecule has 5 heteroatoms. The van der Waals surface area contributed by atoms with Crippen LogP contribution in [0.2, 0.25) is 0 Å². The maximum Gasteiger partial charge on any atom is 0.291 e. The van der Waals surface area contributed by atoms with Crippen molar-refractivity contribution in [3.8, 4) is 0 Å². The molecule has 0 aromatic carbocycles. The summed E-state index contributed by atoms with van der Waals surface area (Å²) in [4.78, 5) is 26.0. The Hall–Kier alpha value is -0.970. The van der Waals surface area contributed by atoms with Gasteiger partial charge >= 0.3 is 0 Å². The van der Waals surface area contributed by atoms with Gasteiger partial charge in [0.15, 0.2) is 5.05 Å². The Balaban J connectivity index is 2.84. The second-order valence-corrected chi connectivity index (χ2v) is 5.65. The number of amides is 1. The fourth-order valence-corrected chi connectivity index (χ4v) is 2.22. The molecule has 18 heavy (non-hydrogen) atoms. The minimum absolute atomic E-state index is 0.228. The second kappa shape index (κ2) is 5.78. The quantitative estimate of drug-likeness (QED) is 0.579. The largest absolute Gasteiger partial charge is 0.488 e. The Morgan fingerprint density at radius 2 is 2.06 bits per heavy atom. The molecule has 1 aliphatic rings. The summed E-state index contributed by atoms with van der Waals surface area (Å²) < 4.78 is 5.03. The van der Waals surface area contributed by atoms with Gasteiger partial charge in [-0.3, -0.25) is 9.59 Å². The number of likely N-dealkylation sites (tertiary alicyclic amines) is 1. The number of ether oxygens (including phenoxy) is 1. The number of nitrogens with zero attached hydrogens (tertiary/aromatic N) is 1. The van der Waals surface area contributed by atoms with Gasteiger partial charge in [0.05, 0.1) is 7.11 Å². The summed E-state index contributed by atoms with van der Waals surface area (Å²) in [6, 6.07) is -0.228. The first-order chi connectivity index (χ1) is 8.35. The van der Waals surface area contributed by atoms with E-state index in [-0.39, 0.29) is 11.8 Å². The lowest BCUT2D eigenvalue weighted by atomic mass is 9.84. The molecule has 1 heterocycles. The van der Waals surface area contributed by atoms with Gasteiger partial charge in [-0.15, -0.1) is 0 Å². The average molecular weight is 271 g/mol. The summed E-state index contributed by atoms with van der Waals surface area (Å²) in [5.41, 5.74) is -0.612. The number of carbonyl (C=O) groups is 2. The molecule has 0 unspecified atom stereocenters. The molecular formula is C13H21NO3S. The van der Waals surface area contributed by atoms with Crippen LogP contribution in [-0.2, 0) is 14.3 Å². The maximum absolute atomic E-state index is 12.2. The summed E-state index contributed by atoms with van der Waals surface area (Å²) in [5.74, 6) is -0.764. The number of methoxy groups -OCH3 is 1. The molecule has 0 aromatic rings. The summed E-state index contributed by atoms with van der Waals surface area (Å²) >= 11 is 5.09. The molecule has 0 bridgehead atoms. The summed E-state index contributed by atoms with van der Waals surface area (Å²) in [6.45, 7) is 6.09. The Morgan fingerprint density at radius 3 is 2.56 bits per heavy atom. The molecule has 4 nitrogen and oxygen atoms in total. The summed E-state index contributed by atoms with van der Waals surface area (Å²) in [7, 11) is 1.50. The van der Waals surface area contributed by atoms with Gasteiger partial charge in [0.25, 0.3) is 5.91 Å². The highest BCUT2D eigenvalue weighted by Gasteiger charge is 2.40. The van der Waals surface area contributed by atoms with Crippen molar-refractivity contribution >= 4 is 29.0 Å². The van der Waals surface area contributed by atoms with Gasteiger partial charge in [-0.05, 0) is 31.5 Å². The minimum atomic E-state index is -0.612. The normalized spacial score (nSPS) is 19.8. The van der Waals surface area contributed by atoms with Crippen molar-refractivity contribution in [1.29, 1.82) is 0 Å². The molecule has 0 aromatic heterocycles. The Bertz CT molecular complexity index is 365. The van der Waals surface area contributed by atoms with Gasteiger partial charge in [-0.2, -0.15) is 0 Å². The lowest BCUT2D eigenvalue weighted by Gasteiger charge is -2.28. The van der Waals surface area contributed by atoms with Crippen LogP contribution in [0.4, 0.5) is 0 Å². The number of hydrogen-bond donors (Lipinski definition) is 0. The smallest absolute Gasteiger partial charge is 0.291 e. The Labute approximate surface area is 114 Å². The second-order valence-electron chi connectivity index (χ2n) is 5.25. The van der Waals surface area contributed by atoms with Crippen LogP contribution in [0, 0.1) is 5.41 Å². The zero-order valence-corrected chi connectivity index (χ0v) is 12.3. The fraction of sp³-hybridized carbons (Fsp3) is 0.769. The van der Waals surface area contributed by atoms with Gasteiger partial charge in [0, 0.05) is 12.0 Å². The third-order valence-electron chi connectivity index (χ3n) is 3.68. The standard InChI is InChI=1S/C13H21NO3S/c1-5-13(2,3)10(15)11(16)14-8-6-7-9(14)12(18)17-4/h9H,5-8H2,1-4H3/t9-/m0/s1. The number of ketones is 1. The molecule has 102 valence electrons. The van der Waals surface area contributed by atoms with Crippen molar-refractivity contribution in [3.05, 3.63) is 0 Å². The van der Waals surface area contributed by atoms with Crippen LogP contribution < -0.4 is 0 Å². The molecule has 1 fully saturated rings. The summed E-state index contributed by atoms with van der Waals surface area (Å²) in [5, 5.41) is 0.392. The molecule has 0 saturated carbocycles. The van der Waals surface area contributed by atoms with Crippen LogP contribution in [0.5, 0.6) is 0 Å². The lowest BCUT2D eigenvalue weighted by Crippen LogP contribution is -2.47. The first-order valence-corrected chi connectivity index (χ1v) is 6.69. The molecule has 1 atom stereocenters. The van der Waals surface area contributed by atoms with Gasteiger partial charge in [-0.25, -0.2) is 0 Å². The van der Waals surface area contributed by atoms with Gasteiger partial charge in [-0.1, -0.05) is 20.8 Å². The highest BCUT2D eigenvalue weighted by molar-refractivity contribution is 7.80. The molecule has 1 aliphatic heterocycles.